The molecule has 1 fully saturated rings. The topological polar surface area (TPSA) is 26.6 Å². The lowest BCUT2D eigenvalue weighted by Gasteiger charge is -2.36. The number of hydrogen-bond acceptors (Lipinski definition) is 3. The normalized spacial score (nSPS) is 18.1. The molecule has 1 atom stereocenters. The Morgan fingerprint density at radius 2 is 1.56 bits per heavy atom. The fraction of sp³-hybridized carbons (Fsp3) is 0.312. The predicted octanol–water partition coefficient (Wildman–Crippen LogP) is 6.50. The van der Waals surface area contributed by atoms with E-state index in [-0.39, 0.29) is 6.10 Å². The van der Waals surface area contributed by atoms with Crippen molar-refractivity contribution in [3.05, 3.63) is 120 Å². The van der Waals surface area contributed by atoms with Crippen molar-refractivity contribution in [3.63, 3.8) is 0 Å². The molecule has 1 unspecified atom stereocenters. The highest BCUT2D eigenvalue weighted by molar-refractivity contribution is 5.36. The Bertz CT molecular complexity index is 1260. The Labute approximate surface area is 214 Å². The molecule has 4 heteroatoms. The summed E-state index contributed by atoms with van der Waals surface area (Å²) >= 11 is 0. The van der Waals surface area contributed by atoms with E-state index in [1.807, 2.05) is 18.2 Å². The largest absolute Gasteiger partial charge is 0.489 e. The molecule has 0 N–H and O–H groups in total. The first-order chi connectivity index (χ1) is 17.8. The number of benzene rings is 3. The van der Waals surface area contributed by atoms with Crippen molar-refractivity contribution in [1.29, 1.82) is 0 Å². The predicted molar refractivity (Wildman–Crippen MR) is 143 cm³/mol. The number of rotatable bonds is 7. The van der Waals surface area contributed by atoms with Gasteiger partial charge < -0.3 is 18.9 Å². The number of nitrogens with zero attached hydrogens (tertiary/aromatic N) is 2. The summed E-state index contributed by atoms with van der Waals surface area (Å²) in [4.78, 5) is 2.61. The van der Waals surface area contributed by atoms with Crippen LogP contribution >= 0.6 is 0 Å². The third-order valence-corrected chi connectivity index (χ3v) is 7.67. The molecular weight excluding hydrogens is 444 g/mol. The standard InChI is InChI=1S/C32H34N2O2/c1-2-7-26(8-3-1)24-35-29-14-12-25(13-15-29)16-20-33-21-17-27(18-22-33)32-30-10-6-19-34(30)23-28-9-4-5-11-31(28)36-32/h1-15,19,27,32H,16-18,20-24H2. The highest BCUT2D eigenvalue weighted by atomic mass is 16.5. The Balaban J connectivity index is 1.01. The van der Waals surface area contributed by atoms with Crippen LogP contribution in [0.25, 0.3) is 0 Å². The average molecular weight is 479 g/mol. The number of piperidine rings is 1. The minimum absolute atomic E-state index is 0.134. The monoisotopic (exact) mass is 478 g/mol. The number of hydrogen-bond donors (Lipinski definition) is 0. The van der Waals surface area contributed by atoms with E-state index in [1.54, 1.807) is 0 Å². The molecule has 1 saturated heterocycles. The van der Waals surface area contributed by atoms with Gasteiger partial charge in [-0.25, -0.2) is 0 Å². The van der Waals surface area contributed by atoms with E-state index in [0.717, 1.165) is 44.1 Å². The highest BCUT2D eigenvalue weighted by Crippen LogP contribution is 2.39. The van der Waals surface area contributed by atoms with Crippen LogP contribution in [0.5, 0.6) is 11.5 Å². The molecule has 4 nitrogen and oxygen atoms in total. The molecule has 2 aliphatic heterocycles. The smallest absolute Gasteiger partial charge is 0.141 e. The average Bonchev–Trinajstić information content (AvgIpc) is 3.33. The van der Waals surface area contributed by atoms with Crippen LogP contribution < -0.4 is 9.47 Å². The van der Waals surface area contributed by atoms with Gasteiger partial charge in [-0.1, -0.05) is 60.7 Å². The van der Waals surface area contributed by atoms with Crippen molar-refractivity contribution in [1.82, 2.24) is 9.47 Å². The van der Waals surface area contributed by atoms with E-state index in [2.05, 4.69) is 88.5 Å². The molecule has 4 aromatic rings. The lowest BCUT2D eigenvalue weighted by Crippen LogP contribution is -2.38. The molecule has 0 amide bonds. The Morgan fingerprint density at radius 3 is 2.39 bits per heavy atom. The number of aromatic nitrogens is 1. The van der Waals surface area contributed by atoms with E-state index >= 15 is 0 Å². The number of ether oxygens (including phenoxy) is 2. The fourth-order valence-corrected chi connectivity index (χ4v) is 5.56. The van der Waals surface area contributed by atoms with E-state index in [9.17, 15) is 0 Å². The SMILES string of the molecule is c1ccc(COc2ccc(CCN3CCC(C4Oc5ccccc5Cn5cccc54)CC3)cc2)cc1. The molecule has 3 aromatic carbocycles. The van der Waals surface area contributed by atoms with Crippen LogP contribution in [0.4, 0.5) is 0 Å². The Kier molecular flexibility index (Phi) is 6.77. The van der Waals surface area contributed by atoms with Crippen molar-refractivity contribution >= 4 is 0 Å². The third-order valence-electron chi connectivity index (χ3n) is 7.67. The van der Waals surface area contributed by atoms with Crippen LogP contribution in [0.3, 0.4) is 0 Å². The fourth-order valence-electron chi connectivity index (χ4n) is 5.56. The summed E-state index contributed by atoms with van der Waals surface area (Å²) in [5.74, 6) is 2.52. The van der Waals surface area contributed by atoms with Crippen molar-refractivity contribution < 1.29 is 9.47 Å². The minimum atomic E-state index is 0.134. The highest BCUT2D eigenvalue weighted by Gasteiger charge is 2.33. The number of para-hydroxylation sites is 1. The van der Waals surface area contributed by atoms with Gasteiger partial charge in [-0.2, -0.15) is 0 Å². The van der Waals surface area contributed by atoms with Crippen molar-refractivity contribution in [2.75, 3.05) is 19.6 Å². The second-order valence-corrected chi connectivity index (χ2v) is 10.1. The van der Waals surface area contributed by atoms with E-state index < -0.39 is 0 Å². The quantitative estimate of drug-likeness (QED) is 0.303. The van der Waals surface area contributed by atoms with Crippen LogP contribution in [0, 0.1) is 5.92 Å². The van der Waals surface area contributed by atoms with Gasteiger partial charge in [0.2, 0.25) is 0 Å². The van der Waals surface area contributed by atoms with Crippen molar-refractivity contribution in [2.45, 2.75) is 38.5 Å². The van der Waals surface area contributed by atoms with Gasteiger partial charge in [0.25, 0.3) is 0 Å². The van der Waals surface area contributed by atoms with Gasteiger partial charge in [0.1, 0.15) is 24.2 Å². The summed E-state index contributed by atoms with van der Waals surface area (Å²) in [5, 5.41) is 0. The van der Waals surface area contributed by atoms with Gasteiger partial charge in [-0.15, -0.1) is 0 Å². The third kappa shape index (κ3) is 5.19. The lowest BCUT2D eigenvalue weighted by atomic mass is 9.89. The van der Waals surface area contributed by atoms with Crippen LogP contribution in [-0.4, -0.2) is 29.1 Å². The molecule has 0 radical (unpaired) electrons. The Morgan fingerprint density at radius 1 is 0.778 bits per heavy atom. The van der Waals surface area contributed by atoms with Crippen LogP contribution in [0.1, 0.15) is 41.3 Å². The summed E-state index contributed by atoms with van der Waals surface area (Å²) in [6.07, 6.45) is 5.74. The molecule has 0 bridgehead atoms. The summed E-state index contributed by atoms with van der Waals surface area (Å²) < 4.78 is 15.0. The van der Waals surface area contributed by atoms with Crippen molar-refractivity contribution in [2.24, 2.45) is 5.92 Å². The first kappa shape index (κ1) is 22.9. The summed E-state index contributed by atoms with van der Waals surface area (Å²) in [7, 11) is 0. The van der Waals surface area contributed by atoms with E-state index in [4.69, 9.17) is 9.47 Å². The maximum atomic E-state index is 6.65. The maximum absolute atomic E-state index is 6.65. The molecular formula is C32H34N2O2. The van der Waals surface area contributed by atoms with Crippen LogP contribution in [0.2, 0.25) is 0 Å². The summed E-state index contributed by atoms with van der Waals surface area (Å²) in [6, 6.07) is 31.8. The second kappa shape index (κ2) is 10.6. The summed E-state index contributed by atoms with van der Waals surface area (Å²) in [5.41, 5.74) is 5.15. The van der Waals surface area contributed by atoms with Gasteiger partial charge in [-0.05, 0) is 73.8 Å². The molecule has 6 rings (SSSR count). The number of likely N-dealkylation sites (tertiary alicyclic amines) is 1. The zero-order valence-corrected chi connectivity index (χ0v) is 20.8. The lowest BCUT2D eigenvalue weighted by molar-refractivity contribution is 0.0745. The van der Waals surface area contributed by atoms with Gasteiger partial charge in [0.15, 0.2) is 0 Å². The van der Waals surface area contributed by atoms with Crippen LogP contribution in [0.15, 0.2) is 97.2 Å². The molecule has 36 heavy (non-hydrogen) atoms. The zero-order valence-electron chi connectivity index (χ0n) is 20.8. The molecule has 0 saturated carbocycles. The molecule has 184 valence electrons. The maximum Gasteiger partial charge on any atom is 0.141 e. The zero-order chi connectivity index (χ0) is 24.2. The minimum Gasteiger partial charge on any atom is -0.489 e. The number of fused-ring (bicyclic) bond motifs is 2. The van der Waals surface area contributed by atoms with E-state index in [1.165, 1.54) is 35.2 Å². The van der Waals surface area contributed by atoms with Gasteiger partial charge in [-0.3, -0.25) is 0 Å². The van der Waals surface area contributed by atoms with Crippen LogP contribution in [-0.2, 0) is 19.6 Å². The van der Waals surface area contributed by atoms with Crippen molar-refractivity contribution in [3.8, 4) is 11.5 Å². The molecule has 0 spiro atoms. The van der Waals surface area contributed by atoms with E-state index in [0.29, 0.717) is 12.5 Å². The molecule has 0 aliphatic carbocycles. The molecule has 3 heterocycles. The Hall–Kier alpha value is -3.50. The van der Waals surface area contributed by atoms with Gasteiger partial charge >= 0.3 is 0 Å². The molecule has 2 aliphatic rings. The summed E-state index contributed by atoms with van der Waals surface area (Å²) in [6.45, 7) is 4.86. The van der Waals surface area contributed by atoms with Gasteiger partial charge in [0, 0.05) is 24.2 Å². The first-order valence-corrected chi connectivity index (χ1v) is 13.2. The molecule has 1 aromatic heterocycles. The second-order valence-electron chi connectivity index (χ2n) is 10.1. The van der Waals surface area contributed by atoms with Gasteiger partial charge in [0.05, 0.1) is 12.2 Å². The first-order valence-electron chi connectivity index (χ1n) is 13.2.